The van der Waals surface area contributed by atoms with Gasteiger partial charge in [0.2, 0.25) is 0 Å². The van der Waals surface area contributed by atoms with E-state index in [9.17, 15) is 17.6 Å². The summed E-state index contributed by atoms with van der Waals surface area (Å²) in [6.07, 6.45) is 3.74. The van der Waals surface area contributed by atoms with Crippen LogP contribution < -0.4 is 9.80 Å². The maximum absolute atomic E-state index is 13.8. The first-order chi connectivity index (χ1) is 22.8. The third kappa shape index (κ3) is 20.7. The SMILES string of the molecule is CCCCN(CC(C)(Cl)CCl)c1ccc(F)[c-]c1F.CCCCN(CC(C)(Cl)CCl)c1ccc(F)[c-]c1F.[Ti+4].c1cc[cH-]c1.c1cc[cH-]c1. The average molecular weight is 796 g/mol. The van der Waals surface area contributed by atoms with Crippen LogP contribution in [0.1, 0.15) is 53.4 Å². The van der Waals surface area contributed by atoms with E-state index in [2.05, 4.69) is 0 Å². The second-order valence-electron chi connectivity index (χ2n) is 11.6. The first-order valence-corrected chi connectivity index (χ1v) is 17.7. The third-order valence-electron chi connectivity index (χ3n) is 6.64. The molecule has 0 saturated carbocycles. The van der Waals surface area contributed by atoms with Crippen LogP contribution in [0.15, 0.2) is 84.9 Å². The van der Waals surface area contributed by atoms with Crippen molar-refractivity contribution in [3.63, 3.8) is 0 Å². The van der Waals surface area contributed by atoms with E-state index in [1.165, 1.54) is 24.3 Å². The molecular weight excluding hydrogens is 750 g/mol. The van der Waals surface area contributed by atoms with Crippen LogP contribution in [0, 0.1) is 35.4 Å². The summed E-state index contributed by atoms with van der Waals surface area (Å²) in [6, 6.07) is 29.3. The van der Waals surface area contributed by atoms with Crippen molar-refractivity contribution in [1.29, 1.82) is 0 Å². The number of halogens is 8. The Hall–Kier alpha value is -1.67. The van der Waals surface area contributed by atoms with Gasteiger partial charge in [0, 0.05) is 61.2 Å². The largest absolute Gasteiger partial charge is 4.00 e. The van der Waals surface area contributed by atoms with E-state index in [1.807, 2.05) is 86.6 Å². The first kappa shape index (κ1) is 47.3. The predicted molar refractivity (Wildman–Crippen MR) is 199 cm³/mol. The molecule has 4 aromatic rings. The van der Waals surface area contributed by atoms with E-state index in [-0.39, 0.29) is 33.5 Å². The zero-order valence-electron chi connectivity index (χ0n) is 28.6. The summed E-state index contributed by atoms with van der Waals surface area (Å²) in [4.78, 5) is 2.28. The van der Waals surface area contributed by atoms with Crippen molar-refractivity contribution in [2.45, 2.75) is 63.1 Å². The van der Waals surface area contributed by atoms with Crippen LogP contribution in [0.2, 0.25) is 0 Å². The molecule has 11 heteroatoms. The van der Waals surface area contributed by atoms with Gasteiger partial charge in [0.05, 0.1) is 9.75 Å². The van der Waals surface area contributed by atoms with Gasteiger partial charge < -0.3 is 9.80 Å². The minimum absolute atomic E-state index is 0. The monoisotopic (exact) mass is 794 g/mol. The summed E-state index contributed by atoms with van der Waals surface area (Å²) < 4.78 is 53.4. The molecule has 4 rings (SSSR count). The number of rotatable bonds is 14. The fraction of sp³-hybridized carbons (Fsp3) is 0.421. The van der Waals surface area contributed by atoms with Gasteiger partial charge in [-0.25, -0.2) is 41.8 Å². The number of hydrogen-bond donors (Lipinski definition) is 0. The number of alkyl halides is 4. The van der Waals surface area contributed by atoms with Crippen molar-refractivity contribution in [2.24, 2.45) is 0 Å². The molecule has 0 radical (unpaired) electrons. The Morgan fingerprint density at radius 3 is 1.18 bits per heavy atom. The van der Waals surface area contributed by atoms with Gasteiger partial charge in [-0.2, -0.15) is 36.4 Å². The summed E-state index contributed by atoms with van der Waals surface area (Å²) in [5.41, 5.74) is 0.624. The van der Waals surface area contributed by atoms with E-state index >= 15 is 0 Å². The molecule has 0 heterocycles. The molecule has 0 saturated heterocycles. The molecule has 268 valence electrons. The molecule has 0 aromatic heterocycles. The van der Waals surface area contributed by atoms with Crippen LogP contribution in [0.4, 0.5) is 28.9 Å². The Morgan fingerprint density at radius 2 is 0.959 bits per heavy atom. The summed E-state index contributed by atoms with van der Waals surface area (Å²) in [5.74, 6) is -2.30. The van der Waals surface area contributed by atoms with Crippen LogP contribution in [0.5, 0.6) is 0 Å². The molecule has 0 aliphatic heterocycles. The Kier molecular flexibility index (Phi) is 25.3. The second kappa shape index (κ2) is 26.2. The molecular formula is C38H46Cl4F4N2Ti. The zero-order chi connectivity index (χ0) is 36.0. The van der Waals surface area contributed by atoms with Gasteiger partial charge in [-0.1, -0.05) is 26.7 Å². The van der Waals surface area contributed by atoms with Gasteiger partial charge in [-0.15, -0.1) is 82.8 Å². The van der Waals surface area contributed by atoms with Crippen molar-refractivity contribution in [1.82, 2.24) is 0 Å². The van der Waals surface area contributed by atoms with E-state index < -0.39 is 33.0 Å². The standard InChI is InChI=1S/2C14H18Cl2F2N.2C5H5.Ti/c2*1-3-4-7-19(10-14(2,16)9-15)13-6-5-11(17)8-12(13)18;2*1-2-4-5-3-1;/h2*5-6H,3-4,7,9-10H2,1-2H3;2*1-5H;/q4*-1;+4. The fourth-order valence-electron chi connectivity index (χ4n) is 4.15. The molecule has 49 heavy (non-hydrogen) atoms. The molecule has 2 atom stereocenters. The maximum atomic E-state index is 13.8. The molecule has 4 aromatic carbocycles. The second-order valence-corrected chi connectivity index (χ2v) is 13.9. The summed E-state index contributed by atoms with van der Waals surface area (Å²) in [5, 5.41) is 0. The topological polar surface area (TPSA) is 6.48 Å². The van der Waals surface area contributed by atoms with Crippen LogP contribution >= 0.6 is 46.4 Å². The zero-order valence-corrected chi connectivity index (χ0v) is 33.2. The molecule has 2 unspecified atom stereocenters. The van der Waals surface area contributed by atoms with Crippen LogP contribution in [-0.2, 0) is 21.7 Å². The number of hydrogen-bond acceptors (Lipinski definition) is 2. The minimum atomic E-state index is -0.706. The van der Waals surface area contributed by atoms with Gasteiger partial charge >= 0.3 is 21.7 Å². The molecule has 0 fully saturated rings. The number of anilines is 2. The third-order valence-corrected chi connectivity index (χ3v) is 8.60. The molecule has 0 bridgehead atoms. The molecule has 0 aliphatic carbocycles. The van der Waals surface area contributed by atoms with Crippen molar-refractivity contribution in [3.05, 3.63) is 120 Å². The van der Waals surface area contributed by atoms with Crippen molar-refractivity contribution >= 4 is 57.8 Å². The van der Waals surface area contributed by atoms with E-state index in [0.717, 1.165) is 25.7 Å². The fourth-order valence-corrected chi connectivity index (χ4v) is 4.61. The number of unbranched alkanes of at least 4 members (excludes halogenated alkanes) is 2. The van der Waals surface area contributed by atoms with Gasteiger partial charge in [0.1, 0.15) is 0 Å². The van der Waals surface area contributed by atoms with Crippen molar-refractivity contribution < 1.29 is 39.3 Å². The van der Waals surface area contributed by atoms with E-state index in [0.29, 0.717) is 37.6 Å². The van der Waals surface area contributed by atoms with E-state index in [1.54, 1.807) is 23.6 Å². The van der Waals surface area contributed by atoms with Gasteiger partial charge in [0.15, 0.2) is 0 Å². The first-order valence-electron chi connectivity index (χ1n) is 15.9. The predicted octanol–water partition coefficient (Wildman–Crippen LogP) is 12.0. The average Bonchev–Trinajstić information content (AvgIpc) is 3.82. The number of benzene rings is 2. The Labute approximate surface area is 326 Å². The molecule has 2 nitrogen and oxygen atoms in total. The van der Waals surface area contributed by atoms with Gasteiger partial charge in [0.25, 0.3) is 0 Å². The summed E-state index contributed by atoms with van der Waals surface area (Å²) >= 11 is 24.1. The van der Waals surface area contributed by atoms with Gasteiger partial charge in [-0.3, -0.25) is 0 Å². The molecule has 0 N–H and O–H groups in total. The normalized spacial score (nSPS) is 12.7. The van der Waals surface area contributed by atoms with Crippen LogP contribution in [0.3, 0.4) is 0 Å². The smallest absolute Gasteiger partial charge is 0.419 e. The van der Waals surface area contributed by atoms with E-state index in [4.69, 9.17) is 46.4 Å². The quantitative estimate of drug-likeness (QED) is 0.0543. The summed E-state index contributed by atoms with van der Waals surface area (Å²) in [7, 11) is 0. The number of nitrogens with zero attached hydrogens (tertiary/aromatic N) is 2. The Bertz CT molecular complexity index is 1220. The minimum Gasteiger partial charge on any atom is -0.419 e. The molecule has 0 aliphatic rings. The Morgan fingerprint density at radius 1 is 0.633 bits per heavy atom. The van der Waals surface area contributed by atoms with Crippen LogP contribution in [-0.4, -0.2) is 47.7 Å². The molecule has 0 amide bonds. The van der Waals surface area contributed by atoms with Crippen LogP contribution in [0.25, 0.3) is 0 Å². The summed E-state index contributed by atoms with van der Waals surface area (Å²) in [6.45, 7) is 9.78. The van der Waals surface area contributed by atoms with Crippen molar-refractivity contribution in [3.8, 4) is 0 Å². The maximum Gasteiger partial charge on any atom is 4.00 e. The Balaban J connectivity index is 0.000000717. The van der Waals surface area contributed by atoms with Gasteiger partial charge in [-0.05, 0) is 38.1 Å². The molecule has 0 spiro atoms. The van der Waals surface area contributed by atoms with Crippen molar-refractivity contribution in [2.75, 3.05) is 47.7 Å².